The van der Waals surface area contributed by atoms with Crippen molar-refractivity contribution < 1.29 is 17.9 Å². The molecule has 0 saturated carbocycles. The Labute approximate surface area is 118 Å². The third-order valence-corrected chi connectivity index (χ3v) is 5.25. The van der Waals surface area contributed by atoms with E-state index in [1.54, 1.807) is 0 Å². The molecule has 19 heavy (non-hydrogen) atoms. The van der Waals surface area contributed by atoms with E-state index in [1.165, 1.54) is 11.4 Å². The molecule has 0 aromatic carbocycles. The van der Waals surface area contributed by atoms with Gasteiger partial charge in [-0.05, 0) is 6.92 Å². The Kier molecular flexibility index (Phi) is 5.65. The van der Waals surface area contributed by atoms with Gasteiger partial charge in [-0.2, -0.15) is 4.31 Å². The summed E-state index contributed by atoms with van der Waals surface area (Å²) in [6.45, 7) is 3.62. The molecule has 1 fully saturated rings. The molecule has 1 saturated heterocycles. The molecule has 0 spiro atoms. The second-order valence-corrected chi connectivity index (χ2v) is 6.79. The fraction of sp³-hybridized carbons (Fsp3) is 0.800. The van der Waals surface area contributed by atoms with Crippen molar-refractivity contribution in [2.24, 2.45) is 5.73 Å². The van der Waals surface area contributed by atoms with E-state index in [4.69, 9.17) is 18.0 Å². The molecule has 0 aromatic heterocycles. The molecule has 0 amide bonds. The van der Waals surface area contributed by atoms with Gasteiger partial charge in [-0.1, -0.05) is 12.2 Å². The number of piperazine rings is 1. The first kappa shape index (κ1) is 16.3. The zero-order valence-electron chi connectivity index (χ0n) is 11.0. The molecule has 0 bridgehead atoms. The lowest BCUT2D eigenvalue weighted by molar-refractivity contribution is -0.137. The summed E-state index contributed by atoms with van der Waals surface area (Å²) in [5.74, 6) is -1.37. The van der Waals surface area contributed by atoms with E-state index in [0.717, 1.165) is 0 Å². The zero-order valence-corrected chi connectivity index (χ0v) is 12.7. The van der Waals surface area contributed by atoms with Gasteiger partial charge in [0.1, 0.15) is 0 Å². The first-order chi connectivity index (χ1) is 8.77. The molecule has 0 radical (unpaired) electrons. The fourth-order valence-corrected chi connectivity index (χ4v) is 3.32. The third-order valence-electron chi connectivity index (χ3n) is 3.15. The largest absolute Gasteiger partial charge is 0.468 e. The first-order valence-electron chi connectivity index (χ1n) is 5.86. The van der Waals surface area contributed by atoms with Gasteiger partial charge in [0, 0.05) is 26.2 Å². The van der Waals surface area contributed by atoms with Crippen LogP contribution in [0.2, 0.25) is 0 Å². The topological polar surface area (TPSA) is 92.9 Å². The molecule has 0 aliphatic carbocycles. The van der Waals surface area contributed by atoms with Gasteiger partial charge in [0.2, 0.25) is 10.0 Å². The molecule has 1 unspecified atom stereocenters. The second-order valence-electron chi connectivity index (χ2n) is 4.35. The van der Waals surface area contributed by atoms with Crippen LogP contribution in [0, 0.1) is 0 Å². The maximum absolute atomic E-state index is 11.9. The van der Waals surface area contributed by atoms with Crippen molar-refractivity contribution in [2.45, 2.75) is 13.0 Å². The standard InChI is InChI=1S/C10H19N3O4S2/c1-8(10(11)18)12-3-5-13(6-4-12)19(15,16)7-9(14)17-2/h8H,3-7H2,1-2H3,(H2,11,18). The second kappa shape index (κ2) is 6.60. The summed E-state index contributed by atoms with van der Waals surface area (Å²) in [4.78, 5) is 13.5. The van der Waals surface area contributed by atoms with Gasteiger partial charge in [-0.3, -0.25) is 9.69 Å². The number of esters is 1. The first-order valence-corrected chi connectivity index (χ1v) is 7.87. The predicted molar refractivity (Wildman–Crippen MR) is 75.2 cm³/mol. The van der Waals surface area contributed by atoms with E-state index in [9.17, 15) is 13.2 Å². The molecule has 1 heterocycles. The highest BCUT2D eigenvalue weighted by Gasteiger charge is 2.31. The molecule has 0 aromatic rings. The number of sulfonamides is 1. The van der Waals surface area contributed by atoms with E-state index in [1.807, 2.05) is 11.8 Å². The van der Waals surface area contributed by atoms with Gasteiger partial charge in [-0.25, -0.2) is 8.42 Å². The summed E-state index contributed by atoms with van der Waals surface area (Å²) >= 11 is 4.92. The Morgan fingerprint density at radius 3 is 2.32 bits per heavy atom. The lowest BCUT2D eigenvalue weighted by Crippen LogP contribution is -2.54. The molecule has 1 aliphatic heterocycles. The van der Waals surface area contributed by atoms with E-state index < -0.39 is 21.7 Å². The highest BCUT2D eigenvalue weighted by molar-refractivity contribution is 7.89. The Morgan fingerprint density at radius 2 is 1.89 bits per heavy atom. The number of nitrogens with two attached hydrogens (primary N) is 1. The average molecular weight is 309 g/mol. The van der Waals surface area contributed by atoms with Gasteiger partial charge in [0.15, 0.2) is 5.75 Å². The number of methoxy groups -OCH3 is 1. The summed E-state index contributed by atoms with van der Waals surface area (Å²) in [7, 11) is -2.43. The SMILES string of the molecule is COC(=O)CS(=O)(=O)N1CCN(C(C)C(N)=S)CC1. The number of hydrogen-bond donors (Lipinski definition) is 1. The van der Waals surface area contributed by atoms with Crippen LogP contribution >= 0.6 is 12.2 Å². The van der Waals surface area contributed by atoms with Crippen molar-refractivity contribution in [3.8, 4) is 0 Å². The van der Waals surface area contributed by atoms with Crippen LogP contribution in [0.25, 0.3) is 0 Å². The van der Waals surface area contributed by atoms with Crippen molar-refractivity contribution >= 4 is 33.2 Å². The minimum atomic E-state index is -3.60. The van der Waals surface area contributed by atoms with Crippen LogP contribution in [0.1, 0.15) is 6.92 Å². The van der Waals surface area contributed by atoms with Crippen LogP contribution in [-0.4, -0.2) is 73.7 Å². The van der Waals surface area contributed by atoms with Crippen molar-refractivity contribution in [1.29, 1.82) is 0 Å². The number of nitrogens with zero attached hydrogens (tertiary/aromatic N) is 2. The molecule has 1 aliphatic rings. The van der Waals surface area contributed by atoms with Gasteiger partial charge in [0.25, 0.3) is 0 Å². The summed E-state index contributed by atoms with van der Waals surface area (Å²) < 4.78 is 29.5. The molecular formula is C10H19N3O4S2. The average Bonchev–Trinajstić information content (AvgIpc) is 2.37. The fourth-order valence-electron chi connectivity index (χ4n) is 1.85. The number of ether oxygens (including phenoxy) is 1. The molecule has 9 heteroatoms. The van der Waals surface area contributed by atoms with E-state index in [0.29, 0.717) is 31.2 Å². The highest BCUT2D eigenvalue weighted by atomic mass is 32.2. The van der Waals surface area contributed by atoms with E-state index in [2.05, 4.69) is 4.74 Å². The Hall–Kier alpha value is -0.770. The molecule has 7 nitrogen and oxygen atoms in total. The van der Waals surface area contributed by atoms with Crippen LogP contribution in [0.3, 0.4) is 0 Å². The van der Waals surface area contributed by atoms with E-state index in [-0.39, 0.29) is 6.04 Å². The number of carbonyl (C=O) groups excluding carboxylic acids is 1. The maximum Gasteiger partial charge on any atom is 0.322 e. The summed E-state index contributed by atoms with van der Waals surface area (Å²) in [6, 6.07) is -0.0551. The smallest absolute Gasteiger partial charge is 0.322 e. The number of carbonyl (C=O) groups is 1. The summed E-state index contributed by atoms with van der Waals surface area (Å²) in [5, 5.41) is 0. The van der Waals surface area contributed by atoms with Gasteiger partial charge >= 0.3 is 5.97 Å². The maximum atomic E-state index is 11.9. The third kappa shape index (κ3) is 4.37. The van der Waals surface area contributed by atoms with Crippen molar-refractivity contribution in [1.82, 2.24) is 9.21 Å². The van der Waals surface area contributed by atoms with Crippen LogP contribution in [0.5, 0.6) is 0 Å². The Morgan fingerprint density at radius 1 is 1.37 bits per heavy atom. The minimum Gasteiger partial charge on any atom is -0.468 e. The zero-order chi connectivity index (χ0) is 14.6. The lowest BCUT2D eigenvalue weighted by atomic mass is 10.2. The van der Waals surface area contributed by atoms with Gasteiger partial charge in [-0.15, -0.1) is 0 Å². The number of hydrogen-bond acceptors (Lipinski definition) is 6. The van der Waals surface area contributed by atoms with Crippen LogP contribution in [0.15, 0.2) is 0 Å². The van der Waals surface area contributed by atoms with Crippen molar-refractivity contribution in [3.63, 3.8) is 0 Å². The molecule has 1 atom stereocenters. The van der Waals surface area contributed by atoms with Crippen LogP contribution in [-0.2, 0) is 19.6 Å². The molecule has 2 N–H and O–H groups in total. The van der Waals surface area contributed by atoms with Crippen LogP contribution in [0.4, 0.5) is 0 Å². The monoisotopic (exact) mass is 309 g/mol. The molecule has 110 valence electrons. The number of rotatable bonds is 5. The Bertz CT molecular complexity index is 444. The minimum absolute atomic E-state index is 0.0551. The quantitative estimate of drug-likeness (QED) is 0.503. The van der Waals surface area contributed by atoms with Crippen LogP contribution < -0.4 is 5.73 Å². The summed E-state index contributed by atoms with van der Waals surface area (Å²) in [5.41, 5.74) is 5.57. The number of thiocarbonyl (C=S) groups is 1. The van der Waals surface area contributed by atoms with Crippen molar-refractivity contribution in [3.05, 3.63) is 0 Å². The predicted octanol–water partition coefficient (Wildman–Crippen LogP) is -1.22. The normalized spacial score (nSPS) is 19.9. The molecule has 1 rings (SSSR count). The van der Waals surface area contributed by atoms with Gasteiger partial charge in [0.05, 0.1) is 18.1 Å². The van der Waals surface area contributed by atoms with Crippen molar-refractivity contribution in [2.75, 3.05) is 39.0 Å². The summed E-state index contributed by atoms with van der Waals surface area (Å²) in [6.07, 6.45) is 0. The highest BCUT2D eigenvalue weighted by Crippen LogP contribution is 2.11. The van der Waals surface area contributed by atoms with E-state index >= 15 is 0 Å². The lowest BCUT2D eigenvalue weighted by Gasteiger charge is -2.36. The molecular weight excluding hydrogens is 290 g/mol. The van der Waals surface area contributed by atoms with Gasteiger partial charge < -0.3 is 10.5 Å². The Balaban J connectivity index is 2.58.